The Morgan fingerprint density at radius 1 is 1.28 bits per heavy atom. The molecule has 100 valence electrons. The van der Waals surface area contributed by atoms with E-state index in [4.69, 9.17) is 16.3 Å². The number of hydrogen-bond acceptors (Lipinski definition) is 3. The largest absolute Gasteiger partial charge is 0.492 e. The fourth-order valence-corrected chi connectivity index (χ4v) is 1.81. The van der Waals surface area contributed by atoms with Gasteiger partial charge in [0.1, 0.15) is 5.75 Å². The third-order valence-corrected chi connectivity index (χ3v) is 2.90. The standard InChI is InChI=1S/C14H19ClO3/c1-3-4-5-6-9-18-13-8-7-11(10-12(13)15)14(16)17-2/h7-8,10H,3-6,9H2,1-2H3. The summed E-state index contributed by atoms with van der Waals surface area (Å²) in [4.78, 5) is 11.3. The summed E-state index contributed by atoms with van der Waals surface area (Å²) < 4.78 is 10.2. The van der Waals surface area contributed by atoms with Crippen LogP contribution in [-0.4, -0.2) is 19.7 Å². The Hall–Kier alpha value is -1.22. The van der Waals surface area contributed by atoms with Crippen LogP contribution in [0.25, 0.3) is 0 Å². The molecule has 18 heavy (non-hydrogen) atoms. The van der Waals surface area contributed by atoms with Crippen LogP contribution in [0.15, 0.2) is 18.2 Å². The number of carbonyl (C=O) groups is 1. The number of hydrogen-bond donors (Lipinski definition) is 0. The first-order valence-corrected chi connectivity index (χ1v) is 6.57. The highest BCUT2D eigenvalue weighted by molar-refractivity contribution is 6.32. The highest BCUT2D eigenvalue weighted by atomic mass is 35.5. The van der Waals surface area contributed by atoms with Crippen molar-refractivity contribution in [2.45, 2.75) is 32.6 Å². The number of esters is 1. The van der Waals surface area contributed by atoms with Crippen LogP contribution in [0.2, 0.25) is 5.02 Å². The van der Waals surface area contributed by atoms with Crippen molar-refractivity contribution in [3.63, 3.8) is 0 Å². The van der Waals surface area contributed by atoms with E-state index < -0.39 is 5.97 Å². The van der Waals surface area contributed by atoms with Crippen LogP contribution in [-0.2, 0) is 4.74 Å². The van der Waals surface area contributed by atoms with Gasteiger partial charge in [-0.3, -0.25) is 0 Å². The van der Waals surface area contributed by atoms with Crippen molar-refractivity contribution >= 4 is 17.6 Å². The Balaban J connectivity index is 2.49. The maximum absolute atomic E-state index is 11.3. The van der Waals surface area contributed by atoms with Gasteiger partial charge in [-0.1, -0.05) is 37.8 Å². The van der Waals surface area contributed by atoms with E-state index in [9.17, 15) is 4.79 Å². The minimum absolute atomic E-state index is 0.397. The molecule has 0 spiro atoms. The fourth-order valence-electron chi connectivity index (χ4n) is 1.57. The quantitative estimate of drug-likeness (QED) is 0.553. The number of carbonyl (C=O) groups excluding carboxylic acids is 1. The third kappa shape index (κ3) is 4.57. The molecule has 0 amide bonds. The summed E-state index contributed by atoms with van der Waals surface area (Å²) in [5.74, 6) is 0.215. The molecule has 3 nitrogen and oxygen atoms in total. The molecule has 0 heterocycles. The van der Waals surface area contributed by atoms with Gasteiger partial charge in [0.05, 0.1) is 24.3 Å². The predicted molar refractivity (Wildman–Crippen MR) is 72.4 cm³/mol. The van der Waals surface area contributed by atoms with Gasteiger partial charge in [0.25, 0.3) is 0 Å². The Labute approximate surface area is 113 Å². The van der Waals surface area contributed by atoms with Crippen LogP contribution in [0, 0.1) is 0 Å². The summed E-state index contributed by atoms with van der Waals surface area (Å²) in [5.41, 5.74) is 0.431. The summed E-state index contributed by atoms with van der Waals surface area (Å²) in [6.07, 6.45) is 4.60. The lowest BCUT2D eigenvalue weighted by Crippen LogP contribution is -2.02. The first-order valence-electron chi connectivity index (χ1n) is 6.19. The lowest BCUT2D eigenvalue weighted by atomic mass is 10.2. The predicted octanol–water partition coefficient (Wildman–Crippen LogP) is 4.09. The van der Waals surface area contributed by atoms with Crippen molar-refractivity contribution in [2.24, 2.45) is 0 Å². The van der Waals surface area contributed by atoms with Gasteiger partial charge in [-0.2, -0.15) is 0 Å². The Bertz CT molecular complexity index is 391. The van der Waals surface area contributed by atoms with Crippen LogP contribution in [0.4, 0.5) is 0 Å². The first kappa shape index (κ1) is 14.8. The number of benzene rings is 1. The smallest absolute Gasteiger partial charge is 0.337 e. The third-order valence-electron chi connectivity index (χ3n) is 2.61. The van der Waals surface area contributed by atoms with Crippen molar-refractivity contribution in [1.29, 1.82) is 0 Å². The zero-order valence-corrected chi connectivity index (χ0v) is 11.6. The molecular weight excluding hydrogens is 252 g/mol. The van der Waals surface area contributed by atoms with Gasteiger partial charge in [0.2, 0.25) is 0 Å². The number of rotatable bonds is 7. The van der Waals surface area contributed by atoms with Gasteiger partial charge in [-0.25, -0.2) is 4.79 Å². The zero-order valence-electron chi connectivity index (χ0n) is 10.9. The molecule has 0 bridgehead atoms. The monoisotopic (exact) mass is 270 g/mol. The highest BCUT2D eigenvalue weighted by Gasteiger charge is 2.09. The lowest BCUT2D eigenvalue weighted by Gasteiger charge is -2.08. The molecule has 0 unspecified atom stereocenters. The van der Waals surface area contributed by atoms with E-state index in [1.807, 2.05) is 0 Å². The number of ether oxygens (including phenoxy) is 2. The van der Waals surface area contributed by atoms with Gasteiger partial charge in [0, 0.05) is 0 Å². The molecule has 1 aromatic carbocycles. The zero-order chi connectivity index (χ0) is 13.4. The Morgan fingerprint density at radius 3 is 2.67 bits per heavy atom. The SMILES string of the molecule is CCCCCCOc1ccc(C(=O)OC)cc1Cl. The summed E-state index contributed by atoms with van der Waals surface area (Å²) >= 11 is 6.04. The second-order valence-corrected chi connectivity index (χ2v) is 4.45. The van der Waals surface area contributed by atoms with E-state index in [-0.39, 0.29) is 0 Å². The molecule has 0 aliphatic rings. The average molecular weight is 271 g/mol. The van der Waals surface area contributed by atoms with Crippen LogP contribution < -0.4 is 4.74 Å². The number of methoxy groups -OCH3 is 1. The normalized spacial score (nSPS) is 10.2. The summed E-state index contributed by atoms with van der Waals surface area (Å²) in [6.45, 7) is 2.82. The van der Waals surface area contributed by atoms with Crippen LogP contribution in [0.1, 0.15) is 43.0 Å². The summed E-state index contributed by atoms with van der Waals surface area (Å²) in [5, 5.41) is 0.438. The van der Waals surface area contributed by atoms with E-state index in [1.165, 1.54) is 20.0 Å². The Morgan fingerprint density at radius 2 is 2.06 bits per heavy atom. The molecular formula is C14H19ClO3. The molecule has 4 heteroatoms. The Kier molecular flexibility index (Phi) is 6.58. The molecule has 0 saturated heterocycles. The highest BCUT2D eigenvalue weighted by Crippen LogP contribution is 2.26. The molecule has 0 saturated carbocycles. The van der Waals surface area contributed by atoms with Crippen molar-refractivity contribution in [2.75, 3.05) is 13.7 Å². The molecule has 0 atom stereocenters. The molecule has 0 aromatic heterocycles. The van der Waals surface area contributed by atoms with Gasteiger partial charge < -0.3 is 9.47 Å². The van der Waals surface area contributed by atoms with Crippen LogP contribution in [0.3, 0.4) is 0 Å². The van der Waals surface area contributed by atoms with E-state index in [0.29, 0.717) is 22.9 Å². The minimum atomic E-state index is -0.397. The molecule has 1 rings (SSSR count). The summed E-state index contributed by atoms with van der Waals surface area (Å²) in [7, 11) is 1.34. The van der Waals surface area contributed by atoms with Crippen LogP contribution in [0.5, 0.6) is 5.75 Å². The number of halogens is 1. The van der Waals surface area contributed by atoms with Crippen molar-refractivity contribution in [3.05, 3.63) is 28.8 Å². The van der Waals surface area contributed by atoms with E-state index >= 15 is 0 Å². The second kappa shape index (κ2) is 7.98. The maximum atomic E-state index is 11.3. The molecule has 0 aliphatic heterocycles. The van der Waals surface area contributed by atoms with Crippen molar-refractivity contribution in [3.8, 4) is 5.75 Å². The topological polar surface area (TPSA) is 35.5 Å². The summed E-state index contributed by atoms with van der Waals surface area (Å²) in [6, 6.07) is 4.92. The molecule has 1 aromatic rings. The van der Waals surface area contributed by atoms with E-state index in [2.05, 4.69) is 11.7 Å². The number of unbranched alkanes of at least 4 members (excludes halogenated alkanes) is 3. The molecule has 0 aliphatic carbocycles. The second-order valence-electron chi connectivity index (χ2n) is 4.05. The van der Waals surface area contributed by atoms with Gasteiger partial charge in [-0.05, 0) is 24.6 Å². The van der Waals surface area contributed by atoms with Crippen molar-refractivity contribution in [1.82, 2.24) is 0 Å². The molecule has 0 N–H and O–H groups in total. The fraction of sp³-hybridized carbons (Fsp3) is 0.500. The average Bonchev–Trinajstić information content (AvgIpc) is 2.39. The van der Waals surface area contributed by atoms with Gasteiger partial charge in [0.15, 0.2) is 0 Å². The minimum Gasteiger partial charge on any atom is -0.492 e. The molecule has 0 fully saturated rings. The maximum Gasteiger partial charge on any atom is 0.337 e. The van der Waals surface area contributed by atoms with Crippen LogP contribution >= 0.6 is 11.6 Å². The van der Waals surface area contributed by atoms with E-state index in [1.54, 1.807) is 18.2 Å². The van der Waals surface area contributed by atoms with E-state index in [0.717, 1.165) is 12.8 Å². The van der Waals surface area contributed by atoms with Gasteiger partial charge >= 0.3 is 5.97 Å². The van der Waals surface area contributed by atoms with Gasteiger partial charge in [-0.15, -0.1) is 0 Å². The first-order chi connectivity index (χ1) is 8.69. The van der Waals surface area contributed by atoms with Crippen molar-refractivity contribution < 1.29 is 14.3 Å². The molecule has 0 radical (unpaired) electrons. The lowest BCUT2D eigenvalue weighted by molar-refractivity contribution is 0.0600.